The van der Waals surface area contributed by atoms with Gasteiger partial charge >= 0.3 is 0 Å². The van der Waals surface area contributed by atoms with Crippen LogP contribution in [0.1, 0.15) is 41.0 Å². The van der Waals surface area contributed by atoms with E-state index in [0.29, 0.717) is 22.2 Å². The molecule has 7 rings (SSSR count). The SMILES string of the molecule is Cc1cc(-n2nc3c(c2-c2ncn(-c4ccc5c(cnn5C)c4F)c2C)[C@H](C)[N@@+]2(CC3)CS2)cc(C)c1F. The van der Waals surface area contributed by atoms with Gasteiger partial charge in [-0.15, -0.1) is 0 Å². The largest absolute Gasteiger partial charge is 0.300 e. The highest BCUT2D eigenvalue weighted by Crippen LogP contribution is 2.55. The maximum absolute atomic E-state index is 15.7. The van der Waals surface area contributed by atoms with Crippen molar-refractivity contribution >= 4 is 22.9 Å². The Hall–Kier alpha value is -3.50. The second-order valence-electron chi connectivity index (χ2n) is 10.5. The molecule has 5 heterocycles. The topological polar surface area (TPSA) is 53.5 Å². The van der Waals surface area contributed by atoms with Crippen molar-refractivity contribution in [3.8, 4) is 22.8 Å². The number of quaternary nitrogens is 1. The van der Waals surface area contributed by atoms with E-state index in [0.717, 1.165) is 56.7 Å². The number of imidazole rings is 1. The van der Waals surface area contributed by atoms with E-state index in [1.165, 1.54) is 5.56 Å². The summed E-state index contributed by atoms with van der Waals surface area (Å²) in [5.41, 5.74) is 7.82. The number of fused-ring (bicyclic) bond motifs is 2. The third-order valence-electron chi connectivity index (χ3n) is 8.31. The third-order valence-corrected chi connectivity index (χ3v) is 9.73. The summed E-state index contributed by atoms with van der Waals surface area (Å²) in [6.07, 6.45) is 4.11. The summed E-state index contributed by atoms with van der Waals surface area (Å²) in [5.74, 6) is 0.553. The van der Waals surface area contributed by atoms with Gasteiger partial charge in [0.2, 0.25) is 0 Å². The second kappa shape index (κ2) is 8.00. The smallest absolute Gasteiger partial charge is 0.190 e. The van der Waals surface area contributed by atoms with Gasteiger partial charge in [0.05, 0.1) is 46.3 Å². The molecule has 2 aliphatic rings. The van der Waals surface area contributed by atoms with Crippen LogP contribution in [0.3, 0.4) is 0 Å². The molecule has 1 fully saturated rings. The van der Waals surface area contributed by atoms with Crippen LogP contribution in [0.25, 0.3) is 33.7 Å². The zero-order chi connectivity index (χ0) is 26.5. The summed E-state index contributed by atoms with van der Waals surface area (Å²) >= 11 is 1.96. The minimum atomic E-state index is -0.332. The van der Waals surface area contributed by atoms with Crippen LogP contribution in [0, 0.1) is 32.4 Å². The monoisotopic (exact) mass is 532 g/mol. The first-order valence-electron chi connectivity index (χ1n) is 12.8. The van der Waals surface area contributed by atoms with Crippen molar-refractivity contribution < 1.29 is 12.7 Å². The van der Waals surface area contributed by atoms with E-state index in [1.807, 2.05) is 41.8 Å². The van der Waals surface area contributed by atoms with Crippen molar-refractivity contribution in [3.05, 3.63) is 76.5 Å². The number of nitrogens with zero attached hydrogens (tertiary/aromatic N) is 7. The van der Waals surface area contributed by atoms with E-state index >= 15 is 4.39 Å². The van der Waals surface area contributed by atoms with Crippen LogP contribution in [0.2, 0.25) is 0 Å². The molecule has 2 aromatic carbocycles. The summed E-state index contributed by atoms with van der Waals surface area (Å²) in [6.45, 7) is 8.82. The maximum Gasteiger partial charge on any atom is 0.190 e. The van der Waals surface area contributed by atoms with E-state index in [2.05, 4.69) is 12.0 Å². The summed E-state index contributed by atoms with van der Waals surface area (Å²) in [4.78, 5) is 4.85. The Bertz CT molecular complexity index is 1750. The van der Waals surface area contributed by atoms with Crippen molar-refractivity contribution in [2.24, 2.45) is 7.05 Å². The first kappa shape index (κ1) is 23.6. The Kier molecular flexibility index (Phi) is 4.97. The summed E-state index contributed by atoms with van der Waals surface area (Å²) < 4.78 is 36.6. The molecule has 0 amide bonds. The quantitative estimate of drug-likeness (QED) is 0.166. The van der Waals surface area contributed by atoms with Crippen molar-refractivity contribution in [2.75, 3.05) is 12.4 Å². The standard InChI is InChI=1S/C28H28F2N7S/c1-15-10-19(11-16(2)25(15)29)36-28(24-18(4)37(14-38-37)9-8-21(24)33-36)27-17(3)35(13-31-27)23-7-6-22-20(26(23)30)12-32-34(22)5/h6-7,10-13,18H,8-9,14H2,1-5H3/q+1/t18-,37+/m0/s1. The lowest BCUT2D eigenvalue weighted by Gasteiger charge is -2.28. The molecule has 5 aromatic rings. The lowest BCUT2D eigenvalue weighted by molar-refractivity contribution is -0.764. The molecular formula is C28H28F2N7S+. The molecule has 10 heteroatoms. The van der Waals surface area contributed by atoms with Gasteiger partial charge in [-0.05, 0) is 63.1 Å². The zero-order valence-electron chi connectivity index (χ0n) is 22.0. The predicted octanol–water partition coefficient (Wildman–Crippen LogP) is 5.87. The molecule has 0 saturated carbocycles. The molecule has 38 heavy (non-hydrogen) atoms. The van der Waals surface area contributed by atoms with Gasteiger partial charge in [0, 0.05) is 19.2 Å². The Labute approximate surface area is 223 Å². The molecule has 0 unspecified atom stereocenters. The van der Waals surface area contributed by atoms with Crippen molar-refractivity contribution in [1.29, 1.82) is 0 Å². The molecule has 7 nitrogen and oxygen atoms in total. The number of aryl methyl sites for hydroxylation is 3. The third kappa shape index (κ3) is 3.19. The van der Waals surface area contributed by atoms with E-state index in [-0.39, 0.29) is 17.7 Å². The molecule has 0 aliphatic carbocycles. The number of aromatic nitrogens is 6. The fourth-order valence-electron chi connectivity index (χ4n) is 5.96. The number of benzene rings is 2. The number of rotatable bonds is 3. The summed E-state index contributed by atoms with van der Waals surface area (Å²) in [7, 11) is 1.80. The van der Waals surface area contributed by atoms with Crippen LogP contribution in [-0.2, 0) is 13.5 Å². The lowest BCUT2D eigenvalue weighted by atomic mass is 9.96. The number of hydrogen-bond acceptors (Lipinski definition) is 4. The van der Waals surface area contributed by atoms with Crippen LogP contribution >= 0.6 is 11.9 Å². The van der Waals surface area contributed by atoms with Crippen LogP contribution in [0.4, 0.5) is 8.78 Å². The van der Waals surface area contributed by atoms with Gasteiger partial charge in [-0.25, -0.2) is 22.3 Å². The van der Waals surface area contributed by atoms with Crippen LogP contribution in [-0.4, -0.2) is 45.4 Å². The molecule has 194 valence electrons. The fourth-order valence-corrected chi connectivity index (χ4v) is 7.01. The highest BCUT2D eigenvalue weighted by Gasteiger charge is 2.55. The predicted molar refractivity (Wildman–Crippen MR) is 144 cm³/mol. The van der Waals surface area contributed by atoms with E-state index in [9.17, 15) is 4.39 Å². The van der Waals surface area contributed by atoms with Gasteiger partial charge in [-0.3, -0.25) is 9.25 Å². The normalized spacial score (nSPS) is 20.4. The highest BCUT2D eigenvalue weighted by molar-refractivity contribution is 7.98. The maximum atomic E-state index is 15.7. The average molecular weight is 533 g/mol. The minimum Gasteiger partial charge on any atom is -0.300 e. The zero-order valence-corrected chi connectivity index (χ0v) is 22.8. The molecule has 1 spiro atoms. The number of halogens is 2. The van der Waals surface area contributed by atoms with Gasteiger partial charge in [-0.2, -0.15) is 10.2 Å². The van der Waals surface area contributed by atoms with Crippen LogP contribution < -0.4 is 0 Å². The Morgan fingerprint density at radius 2 is 1.82 bits per heavy atom. The van der Waals surface area contributed by atoms with Gasteiger partial charge in [0.15, 0.2) is 11.7 Å². The molecular weight excluding hydrogens is 504 g/mol. The fraction of sp³-hybridized carbons (Fsp3) is 0.321. The lowest BCUT2D eigenvalue weighted by Crippen LogP contribution is -2.34. The molecule has 0 bridgehead atoms. The Balaban J connectivity index is 1.46. The van der Waals surface area contributed by atoms with Gasteiger partial charge < -0.3 is 0 Å². The van der Waals surface area contributed by atoms with Crippen molar-refractivity contribution in [1.82, 2.24) is 29.1 Å². The average Bonchev–Trinajstić information content (AvgIpc) is 3.20. The van der Waals surface area contributed by atoms with Crippen LogP contribution in [0.5, 0.6) is 0 Å². The Morgan fingerprint density at radius 3 is 2.53 bits per heavy atom. The Morgan fingerprint density at radius 1 is 1.08 bits per heavy atom. The number of hydrogen-bond donors (Lipinski definition) is 0. The molecule has 2 atom stereocenters. The molecule has 2 aliphatic heterocycles. The van der Waals surface area contributed by atoms with E-state index in [4.69, 9.17) is 10.1 Å². The van der Waals surface area contributed by atoms with Crippen molar-refractivity contribution in [3.63, 3.8) is 0 Å². The molecule has 0 radical (unpaired) electrons. The van der Waals surface area contributed by atoms with Gasteiger partial charge in [0.25, 0.3) is 0 Å². The van der Waals surface area contributed by atoms with Crippen molar-refractivity contribution in [2.45, 2.75) is 40.2 Å². The van der Waals surface area contributed by atoms with E-state index in [1.54, 1.807) is 48.7 Å². The minimum absolute atomic E-state index is 0.202. The molecule has 0 N–H and O–H groups in total. The van der Waals surface area contributed by atoms with Gasteiger partial charge in [0.1, 0.15) is 41.5 Å². The van der Waals surface area contributed by atoms with E-state index < -0.39 is 0 Å². The van der Waals surface area contributed by atoms with Crippen LogP contribution in [0.15, 0.2) is 36.8 Å². The van der Waals surface area contributed by atoms with Gasteiger partial charge in [-0.1, -0.05) is 0 Å². The first-order valence-corrected chi connectivity index (χ1v) is 13.7. The highest BCUT2D eigenvalue weighted by atomic mass is 32.2. The summed E-state index contributed by atoms with van der Waals surface area (Å²) in [5, 5.41) is 9.76. The molecule has 1 saturated heterocycles. The summed E-state index contributed by atoms with van der Waals surface area (Å²) in [6, 6.07) is 7.57. The second-order valence-corrected chi connectivity index (χ2v) is 11.8. The first-order chi connectivity index (χ1) is 18.2. The molecule has 3 aromatic heterocycles.